The lowest BCUT2D eigenvalue weighted by Gasteiger charge is -2.10. The highest BCUT2D eigenvalue weighted by molar-refractivity contribution is 5.93. The first-order valence-electron chi connectivity index (χ1n) is 8.00. The van der Waals surface area contributed by atoms with Crippen LogP contribution in [0.5, 0.6) is 0 Å². The molecule has 2 aromatic heterocycles. The highest BCUT2D eigenvalue weighted by Crippen LogP contribution is 2.30. The van der Waals surface area contributed by atoms with E-state index >= 15 is 0 Å². The molecule has 0 saturated carbocycles. The third-order valence-corrected chi connectivity index (χ3v) is 4.05. The van der Waals surface area contributed by atoms with E-state index < -0.39 is 11.6 Å². The number of hydrogen-bond acceptors (Lipinski definition) is 4. The predicted molar refractivity (Wildman–Crippen MR) is 97.7 cm³/mol. The highest BCUT2D eigenvalue weighted by Gasteiger charge is 2.11. The van der Waals surface area contributed by atoms with Gasteiger partial charge >= 0.3 is 0 Å². The van der Waals surface area contributed by atoms with Crippen molar-refractivity contribution in [3.8, 4) is 22.5 Å². The Hall–Kier alpha value is -3.41. The van der Waals surface area contributed by atoms with Gasteiger partial charge in [-0.3, -0.25) is 4.98 Å². The van der Waals surface area contributed by atoms with Crippen LogP contribution in [0.15, 0.2) is 60.9 Å². The van der Waals surface area contributed by atoms with E-state index in [1.807, 2.05) is 24.3 Å². The van der Waals surface area contributed by atoms with Crippen LogP contribution in [0.3, 0.4) is 0 Å². The monoisotopic (exact) mass is 348 g/mol. The molecular formula is C20H14F2N4. The molecule has 4 rings (SSSR count). The third kappa shape index (κ3) is 2.97. The molecule has 6 heteroatoms. The van der Waals surface area contributed by atoms with Crippen LogP contribution in [0.2, 0.25) is 0 Å². The normalized spacial score (nSPS) is 10.9. The van der Waals surface area contributed by atoms with Gasteiger partial charge in [0.2, 0.25) is 0 Å². The summed E-state index contributed by atoms with van der Waals surface area (Å²) in [5.74, 6) is -0.0405. The predicted octanol–water partition coefficient (Wildman–Crippen LogP) is 4.68. The Labute approximate surface area is 148 Å². The maximum atomic E-state index is 13.5. The Balaban J connectivity index is 1.88. The fourth-order valence-electron chi connectivity index (χ4n) is 2.84. The number of pyridine rings is 1. The molecule has 0 radical (unpaired) electrons. The molecule has 2 aromatic carbocycles. The Morgan fingerprint density at radius 2 is 1.65 bits per heavy atom. The molecule has 0 aliphatic rings. The first-order chi connectivity index (χ1) is 12.6. The first kappa shape index (κ1) is 16.1. The molecule has 0 unspecified atom stereocenters. The van der Waals surface area contributed by atoms with Crippen molar-refractivity contribution in [1.82, 2.24) is 15.0 Å². The van der Waals surface area contributed by atoms with E-state index in [1.54, 1.807) is 25.5 Å². The summed E-state index contributed by atoms with van der Waals surface area (Å²) in [5.41, 5.74) is 2.68. The Morgan fingerprint density at radius 3 is 2.35 bits per heavy atom. The summed E-state index contributed by atoms with van der Waals surface area (Å²) in [6.07, 6.45) is 3.39. The largest absolute Gasteiger partial charge is 0.373 e. The van der Waals surface area contributed by atoms with Crippen molar-refractivity contribution in [3.63, 3.8) is 0 Å². The first-order valence-corrected chi connectivity index (χ1v) is 8.00. The van der Waals surface area contributed by atoms with Crippen LogP contribution in [0.4, 0.5) is 14.6 Å². The molecule has 26 heavy (non-hydrogen) atoms. The van der Waals surface area contributed by atoms with E-state index in [0.29, 0.717) is 22.8 Å². The molecule has 1 N–H and O–H groups in total. The van der Waals surface area contributed by atoms with Crippen LogP contribution < -0.4 is 5.32 Å². The lowest BCUT2D eigenvalue weighted by atomic mass is 10.0. The highest BCUT2D eigenvalue weighted by atomic mass is 19.1. The van der Waals surface area contributed by atoms with Crippen LogP contribution in [-0.4, -0.2) is 22.0 Å². The van der Waals surface area contributed by atoms with Gasteiger partial charge in [-0.15, -0.1) is 0 Å². The SMILES string of the molecule is CNc1nc(-c2cccnc2)nc2ccc(-c3cc(F)cc(F)c3)cc12. The number of anilines is 1. The van der Waals surface area contributed by atoms with E-state index in [4.69, 9.17) is 0 Å². The smallest absolute Gasteiger partial charge is 0.163 e. The topological polar surface area (TPSA) is 50.7 Å². The van der Waals surface area contributed by atoms with Gasteiger partial charge in [-0.25, -0.2) is 18.7 Å². The molecule has 4 aromatic rings. The summed E-state index contributed by atoms with van der Waals surface area (Å²) in [7, 11) is 1.77. The fourth-order valence-corrected chi connectivity index (χ4v) is 2.84. The summed E-state index contributed by atoms with van der Waals surface area (Å²) >= 11 is 0. The standard InChI is InChI=1S/C20H14F2N4/c1-23-20-17-9-12(14-7-15(21)10-16(22)8-14)4-5-18(17)25-19(26-20)13-3-2-6-24-11-13/h2-11H,1H3,(H,23,25,26). The number of fused-ring (bicyclic) bond motifs is 1. The zero-order valence-electron chi connectivity index (χ0n) is 13.9. The molecule has 0 aliphatic heterocycles. The summed E-state index contributed by atoms with van der Waals surface area (Å²) < 4.78 is 27.1. The van der Waals surface area contributed by atoms with Crippen molar-refractivity contribution < 1.29 is 8.78 Å². The van der Waals surface area contributed by atoms with E-state index in [1.165, 1.54) is 12.1 Å². The number of aromatic nitrogens is 3. The maximum Gasteiger partial charge on any atom is 0.163 e. The van der Waals surface area contributed by atoms with Crippen LogP contribution in [0.25, 0.3) is 33.4 Å². The lowest BCUT2D eigenvalue weighted by molar-refractivity contribution is 0.584. The number of nitrogens with zero attached hydrogens (tertiary/aromatic N) is 3. The van der Waals surface area contributed by atoms with E-state index in [-0.39, 0.29) is 0 Å². The Kier molecular flexibility index (Phi) is 4.01. The second-order valence-corrected chi connectivity index (χ2v) is 5.78. The van der Waals surface area contributed by atoms with Gasteiger partial charge < -0.3 is 5.32 Å². The van der Waals surface area contributed by atoms with Gasteiger partial charge in [-0.2, -0.15) is 0 Å². The number of nitrogens with one attached hydrogen (secondary N) is 1. The molecule has 4 nitrogen and oxygen atoms in total. The van der Waals surface area contributed by atoms with Gasteiger partial charge in [0, 0.05) is 36.5 Å². The molecule has 0 atom stereocenters. The third-order valence-electron chi connectivity index (χ3n) is 4.05. The number of halogens is 2. The van der Waals surface area contributed by atoms with Crippen molar-refractivity contribution in [3.05, 3.63) is 72.6 Å². The van der Waals surface area contributed by atoms with Crippen molar-refractivity contribution in [2.45, 2.75) is 0 Å². The lowest BCUT2D eigenvalue weighted by Crippen LogP contribution is -1.99. The second kappa shape index (κ2) is 6.48. The summed E-state index contributed by atoms with van der Waals surface area (Å²) in [5, 5.41) is 3.83. The number of hydrogen-bond donors (Lipinski definition) is 1. The van der Waals surface area contributed by atoms with E-state index in [9.17, 15) is 8.78 Å². The van der Waals surface area contributed by atoms with Crippen LogP contribution >= 0.6 is 0 Å². The molecular weight excluding hydrogens is 334 g/mol. The molecule has 0 aliphatic carbocycles. The quantitative estimate of drug-likeness (QED) is 0.584. The van der Waals surface area contributed by atoms with Crippen molar-refractivity contribution in [1.29, 1.82) is 0 Å². The molecule has 0 fully saturated rings. The van der Waals surface area contributed by atoms with E-state index in [2.05, 4.69) is 20.3 Å². The summed E-state index contributed by atoms with van der Waals surface area (Å²) in [6, 6.07) is 12.6. The van der Waals surface area contributed by atoms with Crippen LogP contribution in [-0.2, 0) is 0 Å². The van der Waals surface area contributed by atoms with Crippen molar-refractivity contribution >= 4 is 16.7 Å². The Bertz CT molecular complexity index is 1080. The number of rotatable bonds is 3. The van der Waals surface area contributed by atoms with Gasteiger partial charge in [-0.1, -0.05) is 6.07 Å². The minimum Gasteiger partial charge on any atom is -0.373 e. The summed E-state index contributed by atoms with van der Waals surface area (Å²) in [6.45, 7) is 0. The molecule has 0 spiro atoms. The minimum absolute atomic E-state index is 0.461. The van der Waals surface area contributed by atoms with Gasteiger partial charge in [0.15, 0.2) is 5.82 Å². The number of benzene rings is 2. The second-order valence-electron chi connectivity index (χ2n) is 5.78. The maximum absolute atomic E-state index is 13.5. The average Bonchev–Trinajstić information content (AvgIpc) is 2.66. The molecule has 0 amide bonds. The van der Waals surface area contributed by atoms with Crippen LogP contribution in [0, 0.1) is 11.6 Å². The molecule has 0 bridgehead atoms. The molecule has 0 saturated heterocycles. The van der Waals surface area contributed by atoms with Gasteiger partial charge in [-0.05, 0) is 47.5 Å². The van der Waals surface area contributed by atoms with Crippen LogP contribution in [0.1, 0.15) is 0 Å². The molecule has 2 heterocycles. The summed E-state index contributed by atoms with van der Waals surface area (Å²) in [4.78, 5) is 13.2. The Morgan fingerprint density at radius 1 is 0.846 bits per heavy atom. The minimum atomic E-state index is -0.614. The van der Waals surface area contributed by atoms with Gasteiger partial charge in [0.25, 0.3) is 0 Å². The zero-order chi connectivity index (χ0) is 18.1. The zero-order valence-corrected chi connectivity index (χ0v) is 13.9. The average molecular weight is 348 g/mol. The van der Waals surface area contributed by atoms with Crippen molar-refractivity contribution in [2.75, 3.05) is 12.4 Å². The van der Waals surface area contributed by atoms with E-state index in [0.717, 1.165) is 22.5 Å². The molecule has 128 valence electrons. The van der Waals surface area contributed by atoms with Gasteiger partial charge in [0.1, 0.15) is 17.5 Å². The van der Waals surface area contributed by atoms with Gasteiger partial charge in [0.05, 0.1) is 5.52 Å². The fraction of sp³-hybridized carbons (Fsp3) is 0.0500. The van der Waals surface area contributed by atoms with Crippen molar-refractivity contribution in [2.24, 2.45) is 0 Å².